The van der Waals surface area contributed by atoms with Crippen molar-refractivity contribution in [2.75, 3.05) is 7.11 Å². The van der Waals surface area contributed by atoms with Crippen LogP contribution in [0.4, 0.5) is 0 Å². The van der Waals surface area contributed by atoms with E-state index in [0.29, 0.717) is 20.6 Å². The molecule has 1 heterocycles. The Kier molecular flexibility index (Phi) is 3.17. The zero-order chi connectivity index (χ0) is 14.2. The molecular weight excluding hydrogens is 375 g/mol. The molecule has 1 unspecified atom stereocenters. The number of fused-ring (bicyclic) bond motifs is 1. The van der Waals surface area contributed by atoms with Crippen LogP contribution in [0.25, 0.3) is 0 Å². The number of benzene rings is 2. The van der Waals surface area contributed by atoms with Crippen LogP contribution in [0.2, 0.25) is 0 Å². The molecule has 1 aliphatic rings. The number of ether oxygens (including phenoxy) is 1. The summed E-state index contributed by atoms with van der Waals surface area (Å²) in [4.78, 5) is 11.7. The Morgan fingerprint density at radius 1 is 1.00 bits per heavy atom. The Morgan fingerprint density at radius 3 is 2.40 bits per heavy atom. The fourth-order valence-corrected chi connectivity index (χ4v) is 5.93. The molecule has 1 aliphatic heterocycles. The third-order valence-electron chi connectivity index (χ3n) is 2.77. The van der Waals surface area contributed by atoms with Gasteiger partial charge in [0.25, 0.3) is 0 Å². The van der Waals surface area contributed by atoms with Crippen LogP contribution in [0, 0.1) is 3.57 Å². The van der Waals surface area contributed by atoms with Crippen molar-refractivity contribution in [2.24, 2.45) is 0 Å². The van der Waals surface area contributed by atoms with Crippen molar-refractivity contribution >= 4 is 25.2 Å². The van der Waals surface area contributed by atoms with Crippen molar-refractivity contribution in [3.05, 3.63) is 57.7 Å². The van der Waals surface area contributed by atoms with Gasteiger partial charge in [0, 0.05) is 0 Å². The molecule has 0 bridgehead atoms. The molecule has 0 aliphatic carbocycles. The molecule has 6 heteroatoms. The molecule has 0 aromatic heterocycles. The summed E-state index contributed by atoms with van der Waals surface area (Å²) in [5.41, 5.74) is 0.300. The Morgan fingerprint density at radius 2 is 1.65 bits per heavy atom. The Hall–Kier alpha value is -1.96. The Bertz CT molecular complexity index is 725. The van der Waals surface area contributed by atoms with Gasteiger partial charge in [-0.05, 0) is 0 Å². The van der Waals surface area contributed by atoms with Gasteiger partial charge in [-0.2, -0.15) is 0 Å². The van der Waals surface area contributed by atoms with Crippen molar-refractivity contribution in [3.63, 3.8) is 0 Å². The summed E-state index contributed by atoms with van der Waals surface area (Å²) in [7, 11) is 1.49. The number of methoxy groups -OCH3 is 1. The molecule has 2 aromatic rings. The fraction of sp³-hybridized carbons (Fsp3) is 0.0714. The number of carbonyl (C=O) groups excluding carboxylic acids is 1. The summed E-state index contributed by atoms with van der Waals surface area (Å²) in [5.74, 6) is 0.125. The number of carbonyl (C=O) groups is 1. The number of rotatable bonds is 3. The van der Waals surface area contributed by atoms with E-state index in [9.17, 15) is 7.86 Å². The van der Waals surface area contributed by atoms with E-state index in [-0.39, 0.29) is 0 Å². The average Bonchev–Trinajstić information content (AvgIpc) is 2.72. The van der Waals surface area contributed by atoms with Gasteiger partial charge in [-0.3, -0.25) is 0 Å². The van der Waals surface area contributed by atoms with Crippen molar-refractivity contribution in [1.82, 2.24) is 0 Å². The van der Waals surface area contributed by atoms with Crippen LogP contribution in [0.3, 0.4) is 0 Å². The van der Waals surface area contributed by atoms with Crippen LogP contribution in [-0.2, 0) is 6.14 Å². The second-order valence-electron chi connectivity index (χ2n) is 3.99. The second-order valence-corrected chi connectivity index (χ2v) is 8.44. The molecule has 5 nitrogen and oxygen atoms in total. The van der Waals surface area contributed by atoms with Crippen molar-refractivity contribution in [3.8, 4) is 11.5 Å². The number of halogens is 1. The first kappa shape index (κ1) is 13.0. The van der Waals surface area contributed by atoms with E-state index in [0.717, 1.165) is 0 Å². The second kappa shape index (κ2) is 4.86. The molecule has 20 heavy (non-hydrogen) atoms. The first-order valence-electron chi connectivity index (χ1n) is 5.78. The van der Waals surface area contributed by atoms with Crippen molar-refractivity contribution < 1.29 is 18.7 Å². The molecule has 1 atom stereocenters. The summed E-state index contributed by atoms with van der Waals surface area (Å²) in [6.07, 6.45) is 0. The van der Waals surface area contributed by atoms with Crippen LogP contribution in [0.1, 0.15) is 10.4 Å². The molecule has 3 rings (SSSR count). The third-order valence-corrected chi connectivity index (χ3v) is 7.17. The van der Waals surface area contributed by atoms with E-state index in [1.165, 1.54) is 7.11 Å². The zero-order valence-electron chi connectivity index (χ0n) is 10.5. The maximum atomic E-state index is 12.8. The Balaban J connectivity index is 2.03. The number of hydrogen-bond donors (Lipinski definition) is 0. The summed E-state index contributed by atoms with van der Waals surface area (Å²) in [6.45, 7) is 0. The molecule has 0 N–H and O–H groups in total. The topological polar surface area (TPSA) is 61.8 Å². The third kappa shape index (κ3) is 2.05. The maximum absolute atomic E-state index is 12.8. The van der Waals surface area contributed by atoms with Gasteiger partial charge in [0.05, 0.1) is 0 Å². The van der Waals surface area contributed by atoms with Crippen molar-refractivity contribution in [1.29, 1.82) is 0 Å². The van der Waals surface area contributed by atoms with E-state index < -0.39 is 25.2 Å². The van der Waals surface area contributed by atoms with E-state index in [1.807, 2.05) is 0 Å². The summed E-state index contributed by atoms with van der Waals surface area (Å²) < 4.78 is 28.9. The van der Waals surface area contributed by atoms with Crippen molar-refractivity contribution in [2.45, 2.75) is 0 Å². The summed E-state index contributed by atoms with van der Waals surface area (Å²) in [5, 5.41) is 0. The van der Waals surface area contributed by atoms with Gasteiger partial charge in [0.15, 0.2) is 0 Å². The average molecular weight is 386 g/mol. The minimum absolute atomic E-state index is 0.297. The molecule has 0 spiro atoms. The minimum atomic E-state index is -4.53. The fourth-order valence-electron chi connectivity index (χ4n) is 1.85. The predicted molar refractivity (Wildman–Crippen MR) is 78.9 cm³/mol. The van der Waals surface area contributed by atoms with Gasteiger partial charge in [0.1, 0.15) is 0 Å². The quantitative estimate of drug-likeness (QED) is 0.758. The normalized spacial score (nSPS) is 23.4. The SMILES string of the molecule is COc1ccccc1OI1(=O)OC(=O)c2ccccc21. The number of para-hydroxylation sites is 2. The monoisotopic (exact) mass is 386 g/mol. The van der Waals surface area contributed by atoms with E-state index in [4.69, 9.17) is 10.9 Å². The van der Waals surface area contributed by atoms with E-state index in [1.54, 1.807) is 48.5 Å². The molecular formula is C14H11IO5. The van der Waals surface area contributed by atoms with E-state index >= 15 is 0 Å². The van der Waals surface area contributed by atoms with Gasteiger partial charge in [-0.1, -0.05) is 0 Å². The molecule has 0 saturated carbocycles. The van der Waals surface area contributed by atoms with Gasteiger partial charge < -0.3 is 0 Å². The first-order chi connectivity index (χ1) is 9.64. The van der Waals surface area contributed by atoms with Crippen LogP contribution in [-0.4, -0.2) is 13.1 Å². The van der Waals surface area contributed by atoms with Gasteiger partial charge >= 0.3 is 120 Å². The van der Waals surface area contributed by atoms with Gasteiger partial charge in [-0.15, -0.1) is 0 Å². The van der Waals surface area contributed by atoms with Crippen LogP contribution < -0.4 is 7.80 Å². The molecule has 104 valence electrons. The standard InChI is InChI=1S/C14H11IO5/c1-18-12-8-4-5-9-13(12)19-15(17)11-7-3-2-6-10(11)14(16)20-15/h2-9H,1H3. The molecule has 0 amide bonds. The van der Waals surface area contributed by atoms with Crippen LogP contribution in [0.5, 0.6) is 11.5 Å². The molecule has 0 saturated heterocycles. The van der Waals surface area contributed by atoms with Gasteiger partial charge in [0.2, 0.25) is 0 Å². The number of hydrogen-bond acceptors (Lipinski definition) is 5. The van der Waals surface area contributed by atoms with Crippen LogP contribution >= 0.6 is 19.3 Å². The van der Waals surface area contributed by atoms with Crippen LogP contribution in [0.15, 0.2) is 48.5 Å². The molecule has 0 fully saturated rings. The summed E-state index contributed by atoms with van der Waals surface area (Å²) in [6, 6.07) is 13.4. The first-order valence-corrected chi connectivity index (χ1v) is 9.50. The Labute approximate surface area is 120 Å². The molecule has 2 aromatic carbocycles. The predicted octanol–water partition coefficient (Wildman–Crippen LogP) is 3.33. The summed E-state index contributed by atoms with van der Waals surface area (Å²) >= 11 is -4.53. The van der Waals surface area contributed by atoms with E-state index in [2.05, 4.69) is 0 Å². The van der Waals surface area contributed by atoms with Gasteiger partial charge in [-0.25, -0.2) is 0 Å². The molecule has 0 radical (unpaired) electrons. The zero-order valence-corrected chi connectivity index (χ0v) is 12.7.